The minimum atomic E-state index is 0. The van der Waals surface area contributed by atoms with Gasteiger partial charge in [0, 0.05) is 6.21 Å². The second kappa shape index (κ2) is 6.30. The fourth-order valence-electron chi connectivity index (χ4n) is 1.95. The van der Waals surface area contributed by atoms with E-state index in [0.29, 0.717) is 0 Å². The molecule has 0 amide bonds. The van der Waals surface area contributed by atoms with E-state index in [-0.39, 0.29) is 17.0 Å². The summed E-state index contributed by atoms with van der Waals surface area (Å²) in [4.78, 5) is 4.50. The molecular formula is C17H14BrN. The number of halogens is 1. The molecule has 0 aliphatic heterocycles. The van der Waals surface area contributed by atoms with Crippen molar-refractivity contribution in [3.8, 4) is 0 Å². The van der Waals surface area contributed by atoms with Crippen molar-refractivity contribution in [1.29, 1.82) is 0 Å². The summed E-state index contributed by atoms with van der Waals surface area (Å²) < 4.78 is 0. The van der Waals surface area contributed by atoms with Crippen LogP contribution in [0.15, 0.2) is 77.8 Å². The summed E-state index contributed by atoms with van der Waals surface area (Å²) in [5.74, 6) is 0. The van der Waals surface area contributed by atoms with Crippen LogP contribution in [0.3, 0.4) is 0 Å². The first-order valence-electron chi connectivity index (χ1n) is 6.00. The maximum Gasteiger partial charge on any atom is 0.0636 e. The fraction of sp³-hybridized carbons (Fsp3) is 0. The lowest BCUT2D eigenvalue weighted by molar-refractivity contribution is 1.55. The molecule has 0 unspecified atom stereocenters. The smallest absolute Gasteiger partial charge is 0.0636 e. The van der Waals surface area contributed by atoms with Gasteiger partial charge in [-0.25, -0.2) is 0 Å². The van der Waals surface area contributed by atoms with E-state index in [2.05, 4.69) is 35.3 Å². The van der Waals surface area contributed by atoms with Gasteiger partial charge in [0.25, 0.3) is 0 Å². The van der Waals surface area contributed by atoms with Crippen LogP contribution in [0.2, 0.25) is 0 Å². The molecule has 1 nitrogen and oxygen atoms in total. The van der Waals surface area contributed by atoms with Crippen LogP contribution in [0.5, 0.6) is 0 Å². The predicted molar refractivity (Wildman–Crippen MR) is 88.0 cm³/mol. The Hall–Kier alpha value is -1.93. The van der Waals surface area contributed by atoms with E-state index >= 15 is 0 Å². The molecule has 94 valence electrons. The molecular weight excluding hydrogens is 298 g/mol. The van der Waals surface area contributed by atoms with E-state index in [1.54, 1.807) is 0 Å². The Balaban J connectivity index is 0.00000133. The Kier molecular flexibility index (Phi) is 4.48. The summed E-state index contributed by atoms with van der Waals surface area (Å²) in [6.07, 6.45) is 1.89. The highest BCUT2D eigenvalue weighted by Crippen LogP contribution is 2.20. The molecule has 0 saturated carbocycles. The first-order chi connectivity index (χ1) is 8.92. The maximum atomic E-state index is 4.50. The van der Waals surface area contributed by atoms with Crippen molar-refractivity contribution in [3.63, 3.8) is 0 Å². The summed E-state index contributed by atoms with van der Waals surface area (Å²) >= 11 is 0. The average Bonchev–Trinajstić information content (AvgIpc) is 2.46. The molecule has 19 heavy (non-hydrogen) atoms. The number of hydrogen-bond acceptors (Lipinski definition) is 1. The Bertz CT molecular complexity index is 690. The second-order valence-electron chi connectivity index (χ2n) is 4.20. The van der Waals surface area contributed by atoms with Crippen molar-refractivity contribution >= 4 is 39.7 Å². The Morgan fingerprint density at radius 2 is 1.37 bits per heavy atom. The number of nitrogens with zero attached hydrogens (tertiary/aromatic N) is 1. The van der Waals surface area contributed by atoms with Gasteiger partial charge in [0.2, 0.25) is 0 Å². The minimum absolute atomic E-state index is 0. The van der Waals surface area contributed by atoms with Gasteiger partial charge in [-0.1, -0.05) is 60.7 Å². The maximum absolute atomic E-state index is 4.50. The molecule has 0 bridgehead atoms. The van der Waals surface area contributed by atoms with Crippen LogP contribution in [-0.4, -0.2) is 6.21 Å². The standard InChI is InChI=1S/C17H13N.BrH/c1-2-6-14(7-3-1)13-18-17-11-10-15-8-4-5-9-16(15)12-17;/h1-13H;1H. The van der Waals surface area contributed by atoms with E-state index in [9.17, 15) is 0 Å². The van der Waals surface area contributed by atoms with Crippen molar-refractivity contribution in [2.45, 2.75) is 0 Å². The third-order valence-electron chi connectivity index (χ3n) is 2.90. The molecule has 0 heterocycles. The SMILES string of the molecule is Br.C(=Nc1ccc2ccccc2c1)c1ccccc1. The molecule has 0 radical (unpaired) electrons. The Labute approximate surface area is 123 Å². The Morgan fingerprint density at radius 1 is 0.684 bits per heavy atom. The van der Waals surface area contributed by atoms with Crippen molar-refractivity contribution in [2.75, 3.05) is 0 Å². The molecule has 0 aliphatic rings. The zero-order valence-electron chi connectivity index (χ0n) is 10.4. The van der Waals surface area contributed by atoms with Gasteiger partial charge in [0.15, 0.2) is 0 Å². The van der Waals surface area contributed by atoms with Crippen molar-refractivity contribution in [2.24, 2.45) is 4.99 Å². The lowest BCUT2D eigenvalue weighted by Gasteiger charge is -1.98. The van der Waals surface area contributed by atoms with E-state index in [0.717, 1.165) is 11.3 Å². The number of aliphatic imine (C=N–C) groups is 1. The zero-order valence-corrected chi connectivity index (χ0v) is 12.1. The summed E-state index contributed by atoms with van der Waals surface area (Å²) in [7, 11) is 0. The number of rotatable bonds is 2. The van der Waals surface area contributed by atoms with Crippen LogP contribution in [0.4, 0.5) is 5.69 Å². The Morgan fingerprint density at radius 3 is 2.16 bits per heavy atom. The van der Waals surface area contributed by atoms with Gasteiger partial charge in [-0.2, -0.15) is 0 Å². The summed E-state index contributed by atoms with van der Waals surface area (Å²) in [6, 6.07) is 24.7. The molecule has 0 aliphatic carbocycles. The third-order valence-corrected chi connectivity index (χ3v) is 2.90. The number of benzene rings is 3. The predicted octanol–water partition coefficient (Wildman–Crippen LogP) is 5.17. The third kappa shape index (κ3) is 3.30. The van der Waals surface area contributed by atoms with E-state index < -0.39 is 0 Å². The van der Waals surface area contributed by atoms with Crippen molar-refractivity contribution in [1.82, 2.24) is 0 Å². The van der Waals surface area contributed by atoms with E-state index in [1.807, 2.05) is 48.7 Å². The van der Waals surface area contributed by atoms with Crippen LogP contribution >= 0.6 is 17.0 Å². The molecule has 2 heteroatoms. The van der Waals surface area contributed by atoms with Gasteiger partial charge in [-0.05, 0) is 28.5 Å². The summed E-state index contributed by atoms with van der Waals surface area (Å²) in [6.45, 7) is 0. The van der Waals surface area contributed by atoms with Gasteiger partial charge < -0.3 is 0 Å². The summed E-state index contributed by atoms with van der Waals surface area (Å²) in [5.41, 5.74) is 2.10. The molecule has 0 N–H and O–H groups in total. The molecule has 0 atom stereocenters. The highest BCUT2D eigenvalue weighted by molar-refractivity contribution is 8.93. The molecule has 3 aromatic rings. The van der Waals surface area contributed by atoms with Gasteiger partial charge in [0.05, 0.1) is 5.69 Å². The first-order valence-corrected chi connectivity index (χ1v) is 6.00. The van der Waals surface area contributed by atoms with Crippen LogP contribution in [-0.2, 0) is 0 Å². The average molecular weight is 312 g/mol. The lowest BCUT2D eigenvalue weighted by atomic mass is 10.1. The van der Waals surface area contributed by atoms with Gasteiger partial charge in [0.1, 0.15) is 0 Å². The topological polar surface area (TPSA) is 12.4 Å². The van der Waals surface area contributed by atoms with Crippen LogP contribution in [0, 0.1) is 0 Å². The highest BCUT2D eigenvalue weighted by atomic mass is 79.9. The number of fused-ring (bicyclic) bond motifs is 1. The fourth-order valence-corrected chi connectivity index (χ4v) is 1.95. The van der Waals surface area contributed by atoms with Crippen molar-refractivity contribution < 1.29 is 0 Å². The molecule has 0 saturated heterocycles. The second-order valence-corrected chi connectivity index (χ2v) is 4.20. The zero-order chi connectivity index (χ0) is 12.2. The van der Waals surface area contributed by atoms with Crippen LogP contribution < -0.4 is 0 Å². The van der Waals surface area contributed by atoms with E-state index in [1.165, 1.54) is 10.8 Å². The minimum Gasteiger partial charge on any atom is -0.256 e. The molecule has 3 rings (SSSR count). The van der Waals surface area contributed by atoms with Gasteiger partial charge in [-0.15, -0.1) is 17.0 Å². The quantitative estimate of drug-likeness (QED) is 0.579. The van der Waals surface area contributed by atoms with Crippen molar-refractivity contribution in [3.05, 3.63) is 78.4 Å². The largest absolute Gasteiger partial charge is 0.256 e. The molecule has 0 spiro atoms. The molecule has 0 aromatic heterocycles. The van der Waals surface area contributed by atoms with Crippen LogP contribution in [0.25, 0.3) is 10.8 Å². The summed E-state index contributed by atoms with van der Waals surface area (Å²) in [5, 5.41) is 2.47. The van der Waals surface area contributed by atoms with Gasteiger partial charge in [-0.3, -0.25) is 4.99 Å². The normalized spacial score (nSPS) is 10.5. The van der Waals surface area contributed by atoms with Crippen LogP contribution in [0.1, 0.15) is 5.56 Å². The van der Waals surface area contributed by atoms with E-state index in [4.69, 9.17) is 0 Å². The molecule has 3 aromatic carbocycles. The molecule has 0 fully saturated rings. The highest BCUT2D eigenvalue weighted by Gasteiger charge is 1.93. The van der Waals surface area contributed by atoms with Gasteiger partial charge >= 0.3 is 0 Å². The lowest BCUT2D eigenvalue weighted by Crippen LogP contribution is -1.78. The number of hydrogen-bond donors (Lipinski definition) is 0. The first kappa shape index (κ1) is 13.5. The monoisotopic (exact) mass is 311 g/mol.